The van der Waals surface area contributed by atoms with Gasteiger partial charge in [-0.2, -0.15) is 0 Å². The minimum absolute atomic E-state index is 0.205. The summed E-state index contributed by atoms with van der Waals surface area (Å²) in [5, 5.41) is 1.15. The predicted molar refractivity (Wildman–Crippen MR) is 42.5 cm³/mol. The molecular weight excluding hydrogens is 158 g/mol. The maximum absolute atomic E-state index is 11.4. The number of hydrogen-bond donors (Lipinski definition) is 0. The van der Waals surface area contributed by atoms with E-state index in [1.165, 1.54) is 13.4 Å². The fraction of sp³-hybridized carbons (Fsp3) is 0.375. The van der Waals surface area contributed by atoms with Crippen molar-refractivity contribution in [1.82, 2.24) is 5.06 Å². The average Bonchev–Trinajstić information content (AvgIpc) is 2.48. The molecule has 0 saturated carbocycles. The quantitative estimate of drug-likeness (QED) is 0.625. The molecule has 4 nitrogen and oxygen atoms in total. The van der Waals surface area contributed by atoms with Crippen LogP contribution in [-0.2, 0) is 4.84 Å². The monoisotopic (exact) mass is 169 g/mol. The lowest BCUT2D eigenvalue weighted by Crippen LogP contribution is -2.25. The molecule has 0 saturated heterocycles. The highest BCUT2D eigenvalue weighted by molar-refractivity contribution is 5.94. The topological polar surface area (TPSA) is 42.7 Å². The highest BCUT2D eigenvalue weighted by Crippen LogP contribution is 2.10. The number of hydrogen-bond acceptors (Lipinski definition) is 3. The first kappa shape index (κ1) is 8.80. The van der Waals surface area contributed by atoms with Crippen molar-refractivity contribution < 1.29 is 14.0 Å². The summed E-state index contributed by atoms with van der Waals surface area (Å²) >= 11 is 0. The van der Waals surface area contributed by atoms with Gasteiger partial charge in [0.15, 0.2) is 0 Å². The van der Waals surface area contributed by atoms with E-state index in [1.54, 1.807) is 20.0 Å². The van der Waals surface area contributed by atoms with E-state index in [1.807, 2.05) is 0 Å². The molecule has 0 unspecified atom stereocenters. The molecule has 0 bridgehead atoms. The van der Waals surface area contributed by atoms with Crippen molar-refractivity contribution in [1.29, 1.82) is 0 Å². The molecule has 0 aliphatic rings. The zero-order valence-electron chi connectivity index (χ0n) is 7.33. The van der Waals surface area contributed by atoms with Gasteiger partial charge in [0, 0.05) is 7.05 Å². The molecule has 0 radical (unpaired) electrons. The number of nitrogens with zero attached hydrogens (tertiary/aromatic N) is 1. The first-order chi connectivity index (χ1) is 5.66. The molecule has 1 rings (SSSR count). The minimum Gasteiger partial charge on any atom is -0.469 e. The lowest BCUT2D eigenvalue weighted by Gasteiger charge is -2.12. The van der Waals surface area contributed by atoms with Crippen LogP contribution in [0.1, 0.15) is 16.1 Å². The predicted octanol–water partition coefficient (Wildman–Crippen LogP) is 1.22. The first-order valence-corrected chi connectivity index (χ1v) is 3.53. The first-order valence-electron chi connectivity index (χ1n) is 3.53. The van der Waals surface area contributed by atoms with Crippen molar-refractivity contribution in [3.05, 3.63) is 23.7 Å². The van der Waals surface area contributed by atoms with Gasteiger partial charge in [0.2, 0.25) is 0 Å². The highest BCUT2D eigenvalue weighted by atomic mass is 16.7. The van der Waals surface area contributed by atoms with Crippen LogP contribution in [-0.4, -0.2) is 25.1 Å². The van der Waals surface area contributed by atoms with Gasteiger partial charge in [-0.15, -0.1) is 0 Å². The summed E-state index contributed by atoms with van der Waals surface area (Å²) in [5.74, 6) is 0.396. The Hall–Kier alpha value is -1.29. The van der Waals surface area contributed by atoms with Crippen LogP contribution in [0, 0.1) is 6.92 Å². The molecule has 0 aromatic carbocycles. The average molecular weight is 169 g/mol. The third-order valence-electron chi connectivity index (χ3n) is 1.65. The molecule has 66 valence electrons. The number of hydroxylamine groups is 2. The molecule has 0 atom stereocenters. The molecule has 1 amide bonds. The van der Waals surface area contributed by atoms with E-state index in [0.717, 1.165) is 5.06 Å². The maximum atomic E-state index is 11.4. The van der Waals surface area contributed by atoms with E-state index in [9.17, 15) is 4.79 Å². The molecule has 0 spiro atoms. The Labute approximate surface area is 70.7 Å². The van der Waals surface area contributed by atoms with Gasteiger partial charge in [-0.3, -0.25) is 9.63 Å². The normalized spacial score (nSPS) is 9.92. The molecule has 1 aromatic heterocycles. The lowest BCUT2D eigenvalue weighted by molar-refractivity contribution is -0.0757. The largest absolute Gasteiger partial charge is 0.469 e. The van der Waals surface area contributed by atoms with Gasteiger partial charge in [-0.25, -0.2) is 5.06 Å². The molecule has 4 heteroatoms. The van der Waals surface area contributed by atoms with Gasteiger partial charge in [0.1, 0.15) is 5.76 Å². The van der Waals surface area contributed by atoms with Gasteiger partial charge >= 0.3 is 0 Å². The molecule has 0 aliphatic heterocycles. The molecular formula is C8H11NO3. The summed E-state index contributed by atoms with van der Waals surface area (Å²) in [4.78, 5) is 16.1. The fourth-order valence-electron chi connectivity index (χ4n) is 0.859. The zero-order valence-corrected chi connectivity index (χ0v) is 7.33. The van der Waals surface area contributed by atoms with Crippen LogP contribution < -0.4 is 0 Å². The summed E-state index contributed by atoms with van der Waals surface area (Å²) in [6, 6.07) is 1.62. The van der Waals surface area contributed by atoms with Crippen LogP contribution in [0.5, 0.6) is 0 Å². The van der Waals surface area contributed by atoms with Crippen molar-refractivity contribution in [2.24, 2.45) is 0 Å². The number of carbonyl (C=O) groups is 1. The van der Waals surface area contributed by atoms with Crippen LogP contribution in [0.3, 0.4) is 0 Å². The summed E-state index contributed by atoms with van der Waals surface area (Å²) in [5.41, 5.74) is 0.527. The Morgan fingerprint density at radius 1 is 1.67 bits per heavy atom. The van der Waals surface area contributed by atoms with Gasteiger partial charge in [0.25, 0.3) is 5.91 Å². The Kier molecular flexibility index (Phi) is 2.50. The van der Waals surface area contributed by atoms with Crippen molar-refractivity contribution in [3.8, 4) is 0 Å². The second kappa shape index (κ2) is 3.40. The number of rotatable bonds is 2. The third kappa shape index (κ3) is 1.48. The third-order valence-corrected chi connectivity index (χ3v) is 1.65. The van der Waals surface area contributed by atoms with Crippen LogP contribution in [0.2, 0.25) is 0 Å². The van der Waals surface area contributed by atoms with Crippen LogP contribution in [0.4, 0.5) is 0 Å². The second-order valence-electron chi connectivity index (χ2n) is 2.38. The van der Waals surface area contributed by atoms with Gasteiger partial charge in [-0.1, -0.05) is 0 Å². The highest BCUT2D eigenvalue weighted by Gasteiger charge is 2.15. The summed E-state index contributed by atoms with van der Waals surface area (Å²) in [6.45, 7) is 1.73. The standard InChI is InChI=1S/C8H11NO3/c1-6-7(4-5-12-6)8(10)9(2)11-3/h4-5H,1-3H3. The number of aryl methyl sites for hydroxylation is 1. The Morgan fingerprint density at radius 2 is 2.33 bits per heavy atom. The van der Waals surface area contributed by atoms with E-state index < -0.39 is 0 Å². The molecule has 12 heavy (non-hydrogen) atoms. The Morgan fingerprint density at radius 3 is 2.75 bits per heavy atom. The summed E-state index contributed by atoms with van der Waals surface area (Å²) in [7, 11) is 2.99. The fourth-order valence-corrected chi connectivity index (χ4v) is 0.859. The molecule has 1 heterocycles. The molecule has 1 aromatic rings. The zero-order chi connectivity index (χ0) is 9.14. The second-order valence-corrected chi connectivity index (χ2v) is 2.38. The SMILES string of the molecule is CON(C)C(=O)c1ccoc1C. The van der Waals surface area contributed by atoms with Crippen LogP contribution in [0.25, 0.3) is 0 Å². The van der Waals surface area contributed by atoms with Crippen molar-refractivity contribution >= 4 is 5.91 Å². The minimum atomic E-state index is -0.205. The maximum Gasteiger partial charge on any atom is 0.280 e. The molecule has 0 N–H and O–H groups in total. The van der Waals surface area contributed by atoms with E-state index >= 15 is 0 Å². The molecule has 0 fully saturated rings. The number of furan rings is 1. The van der Waals surface area contributed by atoms with Crippen molar-refractivity contribution in [2.75, 3.05) is 14.2 Å². The van der Waals surface area contributed by atoms with Gasteiger partial charge in [-0.05, 0) is 13.0 Å². The van der Waals surface area contributed by atoms with E-state index in [0.29, 0.717) is 11.3 Å². The van der Waals surface area contributed by atoms with Gasteiger partial charge < -0.3 is 4.42 Å². The van der Waals surface area contributed by atoms with Crippen LogP contribution in [0.15, 0.2) is 16.7 Å². The summed E-state index contributed by atoms with van der Waals surface area (Å²) in [6.07, 6.45) is 1.48. The Bertz CT molecular complexity index is 280. The Balaban J connectivity index is 2.85. The van der Waals surface area contributed by atoms with Crippen molar-refractivity contribution in [2.45, 2.75) is 6.92 Å². The van der Waals surface area contributed by atoms with E-state index in [-0.39, 0.29) is 5.91 Å². The molecule has 0 aliphatic carbocycles. The van der Waals surface area contributed by atoms with Gasteiger partial charge in [0.05, 0.1) is 18.9 Å². The van der Waals surface area contributed by atoms with E-state index in [4.69, 9.17) is 9.25 Å². The van der Waals surface area contributed by atoms with Crippen molar-refractivity contribution in [3.63, 3.8) is 0 Å². The smallest absolute Gasteiger partial charge is 0.280 e. The lowest BCUT2D eigenvalue weighted by atomic mass is 10.2. The number of carbonyl (C=O) groups excluding carboxylic acids is 1. The van der Waals surface area contributed by atoms with E-state index in [2.05, 4.69) is 0 Å². The summed E-state index contributed by atoms with van der Waals surface area (Å²) < 4.78 is 4.98. The number of amides is 1. The van der Waals surface area contributed by atoms with Crippen LogP contribution >= 0.6 is 0 Å².